The highest BCUT2D eigenvalue weighted by Crippen LogP contribution is 2.34. The van der Waals surface area contributed by atoms with Crippen molar-refractivity contribution in [2.45, 2.75) is 72.7 Å². The number of carbonyl (C=O) groups is 2. The number of halogens is 2. The second-order valence-electron chi connectivity index (χ2n) is 11.6. The van der Waals surface area contributed by atoms with E-state index in [0.717, 1.165) is 6.07 Å². The third-order valence-corrected chi connectivity index (χ3v) is 7.08. The number of rotatable bonds is 4. The van der Waals surface area contributed by atoms with Crippen molar-refractivity contribution in [1.82, 2.24) is 24.1 Å². The Morgan fingerprint density at radius 3 is 2.39 bits per heavy atom. The minimum absolute atomic E-state index is 0.135. The van der Waals surface area contributed by atoms with E-state index in [4.69, 9.17) is 4.74 Å². The maximum Gasteiger partial charge on any atom is 0.410 e. The van der Waals surface area contributed by atoms with E-state index in [-0.39, 0.29) is 40.6 Å². The first-order chi connectivity index (χ1) is 19.3. The molecule has 41 heavy (non-hydrogen) atoms. The summed E-state index contributed by atoms with van der Waals surface area (Å²) in [5.74, 6) is -2.10. The Hall–Kier alpha value is -4.22. The third kappa shape index (κ3) is 5.42. The number of anilines is 2. The number of carbonyl (C=O) groups excluding carboxylic acids is 2. The number of pyridine rings is 1. The number of aromatic nitrogens is 4. The summed E-state index contributed by atoms with van der Waals surface area (Å²) in [4.78, 5) is 34.1. The Bertz CT molecular complexity index is 1640. The third-order valence-electron chi connectivity index (χ3n) is 7.08. The number of nitrogens with zero attached hydrogens (tertiary/aromatic N) is 6. The van der Waals surface area contributed by atoms with Crippen LogP contribution in [-0.2, 0) is 11.3 Å². The van der Waals surface area contributed by atoms with Gasteiger partial charge >= 0.3 is 6.09 Å². The Morgan fingerprint density at radius 1 is 1.07 bits per heavy atom. The van der Waals surface area contributed by atoms with Crippen molar-refractivity contribution in [2.75, 3.05) is 23.3 Å². The lowest BCUT2D eigenvalue weighted by Crippen LogP contribution is -2.59. The zero-order chi connectivity index (χ0) is 29.8. The van der Waals surface area contributed by atoms with Crippen LogP contribution in [0.4, 0.5) is 25.0 Å². The number of hydrogen-bond donors (Lipinski definition) is 1. The summed E-state index contributed by atoms with van der Waals surface area (Å²) in [7, 11) is 0. The number of fused-ring (bicyclic) bond motifs is 2. The fourth-order valence-corrected chi connectivity index (χ4v) is 5.45. The van der Waals surface area contributed by atoms with Gasteiger partial charge in [-0.1, -0.05) is 0 Å². The number of nitrogens with one attached hydrogen (secondary N) is 1. The number of ether oxygens (including phenoxy) is 1. The van der Waals surface area contributed by atoms with Crippen molar-refractivity contribution in [1.29, 1.82) is 0 Å². The summed E-state index contributed by atoms with van der Waals surface area (Å²) >= 11 is 0. The number of amides is 2. The van der Waals surface area contributed by atoms with Crippen molar-refractivity contribution in [2.24, 2.45) is 0 Å². The maximum atomic E-state index is 15.8. The summed E-state index contributed by atoms with van der Waals surface area (Å²) in [6.45, 7) is 14.3. The average molecular weight is 568 g/mol. The Balaban J connectivity index is 1.48. The van der Waals surface area contributed by atoms with E-state index >= 15 is 4.39 Å². The summed E-state index contributed by atoms with van der Waals surface area (Å²) < 4.78 is 39.2. The standard InChI is InChI=1S/C29H35F2N7O3/c1-8-37-15-20-23(35-12-17(3)38(18(4)13-35)28(40)41-29(5,6)7)10-21(30)24(25(20)34-37)27(39)33-19-9-22(31)26-32-16(2)11-36(26)14-19/h9-11,14-15,17-18H,8,12-13H2,1-7H3,(H,33,39). The molecule has 0 bridgehead atoms. The molecule has 1 aliphatic rings. The molecule has 1 fully saturated rings. The predicted molar refractivity (Wildman–Crippen MR) is 152 cm³/mol. The van der Waals surface area contributed by atoms with E-state index in [1.54, 1.807) is 28.9 Å². The Morgan fingerprint density at radius 2 is 1.76 bits per heavy atom. The average Bonchev–Trinajstić information content (AvgIpc) is 3.45. The molecule has 1 aliphatic heterocycles. The molecular formula is C29H35F2N7O3. The lowest BCUT2D eigenvalue weighted by Gasteiger charge is -2.45. The van der Waals surface area contributed by atoms with Crippen molar-refractivity contribution in [3.8, 4) is 0 Å². The number of hydrogen-bond acceptors (Lipinski definition) is 6. The Labute approximate surface area is 236 Å². The molecule has 218 valence electrons. The van der Waals surface area contributed by atoms with Gasteiger partial charge in [0.2, 0.25) is 0 Å². The van der Waals surface area contributed by atoms with Gasteiger partial charge in [0, 0.05) is 49.7 Å². The normalized spacial score (nSPS) is 17.9. The van der Waals surface area contributed by atoms with Gasteiger partial charge in [-0.3, -0.25) is 14.4 Å². The smallest absolute Gasteiger partial charge is 0.410 e. The summed E-state index contributed by atoms with van der Waals surface area (Å²) in [6, 6.07) is 2.06. The number of benzene rings is 1. The summed E-state index contributed by atoms with van der Waals surface area (Å²) in [5, 5.41) is 7.75. The zero-order valence-corrected chi connectivity index (χ0v) is 24.3. The van der Waals surface area contributed by atoms with Gasteiger partial charge in [0.1, 0.15) is 22.5 Å². The first-order valence-corrected chi connectivity index (χ1v) is 13.7. The number of piperazine rings is 1. The molecule has 10 nitrogen and oxygen atoms in total. The molecule has 3 aromatic heterocycles. The lowest BCUT2D eigenvalue weighted by atomic mass is 10.0. The van der Waals surface area contributed by atoms with Crippen molar-refractivity contribution in [3.05, 3.63) is 53.6 Å². The van der Waals surface area contributed by atoms with Gasteiger partial charge in [-0.05, 0) is 54.5 Å². The molecule has 2 atom stereocenters. The van der Waals surface area contributed by atoms with Crippen LogP contribution in [0.3, 0.4) is 0 Å². The minimum atomic E-state index is -0.749. The highest BCUT2D eigenvalue weighted by atomic mass is 19.1. The molecule has 0 aliphatic carbocycles. The van der Waals surface area contributed by atoms with Gasteiger partial charge in [-0.25, -0.2) is 18.6 Å². The molecule has 12 heteroatoms. The van der Waals surface area contributed by atoms with Crippen molar-refractivity contribution >= 4 is 39.9 Å². The van der Waals surface area contributed by atoms with E-state index in [1.807, 2.05) is 46.4 Å². The number of aryl methyl sites for hydroxylation is 2. The van der Waals surface area contributed by atoms with Crippen LogP contribution in [0.5, 0.6) is 0 Å². The van der Waals surface area contributed by atoms with E-state index < -0.39 is 23.1 Å². The van der Waals surface area contributed by atoms with Crippen molar-refractivity contribution in [3.63, 3.8) is 0 Å². The van der Waals surface area contributed by atoms with E-state index in [9.17, 15) is 14.0 Å². The molecule has 0 spiro atoms. The molecule has 0 radical (unpaired) electrons. The summed E-state index contributed by atoms with van der Waals surface area (Å²) in [5.41, 5.74) is 0.846. The quantitative estimate of drug-likeness (QED) is 0.356. The van der Waals surface area contributed by atoms with E-state index in [1.165, 1.54) is 16.7 Å². The molecule has 2 amide bonds. The SMILES string of the molecule is CCn1cc2c(N3CC(C)N(C(=O)OC(C)(C)C)C(C)C3)cc(F)c(C(=O)Nc3cc(F)c4nc(C)cn4c3)c2n1. The topological polar surface area (TPSA) is 97.0 Å². The highest BCUT2D eigenvalue weighted by Gasteiger charge is 2.37. The van der Waals surface area contributed by atoms with Crippen LogP contribution in [0.1, 0.15) is 57.6 Å². The summed E-state index contributed by atoms with van der Waals surface area (Å²) in [6.07, 6.45) is 4.56. The van der Waals surface area contributed by atoms with Crippen LogP contribution in [-0.4, -0.2) is 66.8 Å². The predicted octanol–water partition coefficient (Wildman–Crippen LogP) is 5.38. The Kier molecular flexibility index (Phi) is 7.12. The molecule has 4 aromatic rings. The first-order valence-electron chi connectivity index (χ1n) is 13.7. The molecule has 1 saturated heterocycles. The molecule has 0 saturated carbocycles. The molecular weight excluding hydrogens is 532 g/mol. The van der Waals surface area contributed by atoms with Gasteiger partial charge < -0.3 is 19.4 Å². The molecule has 1 aromatic carbocycles. The monoisotopic (exact) mass is 567 g/mol. The van der Waals surface area contributed by atoms with Crippen LogP contribution in [0.2, 0.25) is 0 Å². The molecule has 1 N–H and O–H groups in total. The largest absolute Gasteiger partial charge is 0.444 e. The van der Waals surface area contributed by atoms with Gasteiger partial charge in [-0.15, -0.1) is 0 Å². The highest BCUT2D eigenvalue weighted by molar-refractivity contribution is 6.14. The van der Waals surface area contributed by atoms with Crippen LogP contribution < -0.4 is 10.2 Å². The minimum Gasteiger partial charge on any atom is -0.444 e. The fourth-order valence-electron chi connectivity index (χ4n) is 5.45. The number of imidazole rings is 1. The van der Waals surface area contributed by atoms with E-state index in [0.29, 0.717) is 36.4 Å². The second kappa shape index (κ2) is 10.3. The van der Waals surface area contributed by atoms with Crippen LogP contribution in [0, 0.1) is 18.6 Å². The van der Waals surface area contributed by atoms with Gasteiger partial charge in [0.15, 0.2) is 11.5 Å². The lowest BCUT2D eigenvalue weighted by molar-refractivity contribution is 0.00566. The van der Waals surface area contributed by atoms with Crippen LogP contribution in [0.15, 0.2) is 30.7 Å². The van der Waals surface area contributed by atoms with Crippen molar-refractivity contribution < 1.29 is 23.1 Å². The van der Waals surface area contributed by atoms with Gasteiger partial charge in [0.25, 0.3) is 5.91 Å². The van der Waals surface area contributed by atoms with Gasteiger partial charge in [0.05, 0.1) is 29.2 Å². The molecule has 4 heterocycles. The first kappa shape index (κ1) is 28.3. The molecule has 5 rings (SSSR count). The van der Waals surface area contributed by atoms with Crippen LogP contribution >= 0.6 is 0 Å². The van der Waals surface area contributed by atoms with E-state index in [2.05, 4.69) is 15.4 Å². The second-order valence-corrected chi connectivity index (χ2v) is 11.6. The maximum absolute atomic E-state index is 15.8. The van der Waals surface area contributed by atoms with Crippen LogP contribution in [0.25, 0.3) is 16.6 Å². The zero-order valence-electron chi connectivity index (χ0n) is 24.3. The fraction of sp³-hybridized carbons (Fsp3) is 0.448. The van der Waals surface area contributed by atoms with Gasteiger partial charge in [-0.2, -0.15) is 5.10 Å². The molecule has 2 unspecified atom stereocenters.